The normalized spacial score (nSPS) is 18.4. The zero-order valence-corrected chi connectivity index (χ0v) is 13.0. The molecule has 1 fully saturated rings. The molecule has 6 heteroatoms. The molecule has 5 nitrogen and oxygen atoms in total. The van der Waals surface area contributed by atoms with Crippen molar-refractivity contribution in [3.8, 4) is 0 Å². The van der Waals surface area contributed by atoms with Gasteiger partial charge in [-0.2, -0.15) is 0 Å². The molecule has 2 heterocycles. The molecule has 1 aliphatic rings. The Labute approximate surface area is 130 Å². The molecule has 0 radical (unpaired) electrons. The number of benzene rings is 1. The highest BCUT2D eigenvalue weighted by atomic mass is 35.5. The van der Waals surface area contributed by atoms with Crippen molar-refractivity contribution in [2.75, 3.05) is 18.0 Å². The van der Waals surface area contributed by atoms with Crippen molar-refractivity contribution < 1.29 is 4.42 Å². The molecule has 0 amide bonds. The van der Waals surface area contributed by atoms with Crippen molar-refractivity contribution >= 4 is 18.4 Å². The number of nitrogens with two attached hydrogens (primary N) is 1. The largest absolute Gasteiger partial charge is 0.407 e. The summed E-state index contributed by atoms with van der Waals surface area (Å²) in [7, 11) is 0. The molecule has 0 aliphatic carbocycles. The van der Waals surface area contributed by atoms with Gasteiger partial charge >= 0.3 is 6.01 Å². The van der Waals surface area contributed by atoms with Gasteiger partial charge in [-0.05, 0) is 30.9 Å². The van der Waals surface area contributed by atoms with Crippen molar-refractivity contribution in [1.29, 1.82) is 0 Å². The minimum absolute atomic E-state index is 0. The summed E-state index contributed by atoms with van der Waals surface area (Å²) >= 11 is 0. The third-order valence-corrected chi connectivity index (χ3v) is 3.95. The van der Waals surface area contributed by atoms with E-state index in [1.807, 2.05) is 0 Å². The summed E-state index contributed by atoms with van der Waals surface area (Å²) in [6.45, 7) is 4.36. The van der Waals surface area contributed by atoms with E-state index in [1.165, 1.54) is 17.5 Å². The van der Waals surface area contributed by atoms with Crippen LogP contribution in [0.2, 0.25) is 0 Å². The van der Waals surface area contributed by atoms with Crippen LogP contribution in [0.15, 0.2) is 28.7 Å². The lowest BCUT2D eigenvalue weighted by molar-refractivity contribution is 0.441. The third kappa shape index (κ3) is 3.36. The molecule has 1 aliphatic heterocycles. The predicted molar refractivity (Wildman–Crippen MR) is 84.8 cm³/mol. The van der Waals surface area contributed by atoms with Crippen LogP contribution in [-0.2, 0) is 6.54 Å². The van der Waals surface area contributed by atoms with Crippen molar-refractivity contribution in [3.63, 3.8) is 0 Å². The Morgan fingerprint density at radius 2 is 2.14 bits per heavy atom. The lowest BCUT2D eigenvalue weighted by Gasteiger charge is -2.32. The van der Waals surface area contributed by atoms with Crippen LogP contribution in [0.4, 0.5) is 6.01 Å². The molecule has 1 atom stereocenters. The first-order valence-corrected chi connectivity index (χ1v) is 7.11. The summed E-state index contributed by atoms with van der Waals surface area (Å²) in [4.78, 5) is 2.17. The molecule has 1 saturated heterocycles. The fourth-order valence-electron chi connectivity index (χ4n) is 2.90. The molecule has 0 bridgehead atoms. The van der Waals surface area contributed by atoms with Gasteiger partial charge in [0.2, 0.25) is 5.89 Å². The van der Waals surface area contributed by atoms with Crippen molar-refractivity contribution in [3.05, 3.63) is 41.3 Å². The van der Waals surface area contributed by atoms with Gasteiger partial charge in [-0.3, -0.25) is 0 Å². The van der Waals surface area contributed by atoms with E-state index in [4.69, 9.17) is 10.2 Å². The number of aryl methyl sites for hydroxylation is 1. The van der Waals surface area contributed by atoms with Gasteiger partial charge < -0.3 is 15.1 Å². The molecule has 2 aromatic rings. The molecule has 114 valence electrons. The van der Waals surface area contributed by atoms with Gasteiger partial charge in [0.1, 0.15) is 0 Å². The van der Waals surface area contributed by atoms with Crippen molar-refractivity contribution in [2.45, 2.75) is 32.2 Å². The van der Waals surface area contributed by atoms with E-state index in [0.29, 0.717) is 24.4 Å². The van der Waals surface area contributed by atoms with E-state index in [9.17, 15) is 0 Å². The molecule has 1 unspecified atom stereocenters. The Bertz CT molecular complexity index is 587. The van der Waals surface area contributed by atoms with Gasteiger partial charge in [0.15, 0.2) is 0 Å². The second-order valence-corrected chi connectivity index (χ2v) is 5.32. The van der Waals surface area contributed by atoms with Crippen molar-refractivity contribution in [2.24, 2.45) is 5.73 Å². The second kappa shape index (κ2) is 6.91. The molecule has 1 aromatic heterocycles. The van der Waals surface area contributed by atoms with Gasteiger partial charge in [-0.15, -0.1) is 17.5 Å². The quantitative estimate of drug-likeness (QED) is 0.944. The standard InChI is InChI=1S/C15H20N4O.ClH/c1-11-5-2-3-7-13(11)12-6-4-8-19(10-12)15-18-17-14(9-16)20-15;/h2-3,5,7,12H,4,6,8-10,16H2,1H3;1H. The lowest BCUT2D eigenvalue weighted by Crippen LogP contribution is -2.34. The average Bonchev–Trinajstić information content (AvgIpc) is 2.97. The molecule has 3 rings (SSSR count). The maximum absolute atomic E-state index is 5.57. The fraction of sp³-hybridized carbons (Fsp3) is 0.467. The highest BCUT2D eigenvalue weighted by Crippen LogP contribution is 2.30. The van der Waals surface area contributed by atoms with Crippen LogP contribution in [-0.4, -0.2) is 23.3 Å². The SMILES string of the molecule is Cc1ccccc1C1CCCN(c2nnc(CN)o2)C1.Cl. The fourth-order valence-corrected chi connectivity index (χ4v) is 2.90. The summed E-state index contributed by atoms with van der Waals surface area (Å²) in [6.07, 6.45) is 2.35. The lowest BCUT2D eigenvalue weighted by atomic mass is 9.88. The first-order chi connectivity index (χ1) is 9.78. The zero-order chi connectivity index (χ0) is 13.9. The van der Waals surface area contributed by atoms with Crippen LogP contribution in [0, 0.1) is 6.92 Å². The van der Waals surface area contributed by atoms with E-state index in [2.05, 4.69) is 46.3 Å². The van der Waals surface area contributed by atoms with Crippen LogP contribution < -0.4 is 10.6 Å². The van der Waals surface area contributed by atoms with Gasteiger partial charge in [0.25, 0.3) is 0 Å². The van der Waals surface area contributed by atoms with Gasteiger partial charge in [-0.25, -0.2) is 0 Å². The number of halogens is 1. The number of hydrogen-bond donors (Lipinski definition) is 1. The molecule has 1 aromatic carbocycles. The smallest absolute Gasteiger partial charge is 0.318 e. The van der Waals surface area contributed by atoms with E-state index < -0.39 is 0 Å². The summed E-state index contributed by atoms with van der Waals surface area (Å²) in [5, 5.41) is 8.03. The Morgan fingerprint density at radius 1 is 1.33 bits per heavy atom. The molecule has 2 N–H and O–H groups in total. The van der Waals surface area contributed by atoms with Gasteiger partial charge in [0.05, 0.1) is 6.54 Å². The number of aromatic nitrogens is 2. The first kappa shape index (κ1) is 15.8. The highest BCUT2D eigenvalue weighted by molar-refractivity contribution is 5.85. The van der Waals surface area contributed by atoms with Crippen molar-refractivity contribution in [1.82, 2.24) is 10.2 Å². The average molecular weight is 309 g/mol. The maximum Gasteiger partial charge on any atom is 0.318 e. The van der Waals surface area contributed by atoms with Crippen LogP contribution >= 0.6 is 12.4 Å². The summed E-state index contributed by atoms with van der Waals surface area (Å²) in [5.41, 5.74) is 8.30. The van der Waals surface area contributed by atoms with E-state index in [1.54, 1.807) is 0 Å². The summed E-state index contributed by atoms with van der Waals surface area (Å²) < 4.78 is 5.57. The third-order valence-electron chi connectivity index (χ3n) is 3.95. The zero-order valence-electron chi connectivity index (χ0n) is 12.2. The molecular formula is C15H21ClN4O. The highest BCUT2D eigenvalue weighted by Gasteiger charge is 2.25. The van der Waals surface area contributed by atoms with E-state index in [-0.39, 0.29) is 12.4 Å². The van der Waals surface area contributed by atoms with Crippen LogP contribution in [0.3, 0.4) is 0 Å². The number of rotatable bonds is 3. The molecule has 21 heavy (non-hydrogen) atoms. The monoisotopic (exact) mass is 308 g/mol. The van der Waals surface area contributed by atoms with Crippen LogP contribution in [0.1, 0.15) is 35.8 Å². The Kier molecular flexibility index (Phi) is 5.20. The summed E-state index contributed by atoms with van der Waals surface area (Å²) in [5.74, 6) is 1.02. The van der Waals surface area contributed by atoms with Crippen LogP contribution in [0.25, 0.3) is 0 Å². The second-order valence-electron chi connectivity index (χ2n) is 5.32. The minimum Gasteiger partial charge on any atom is -0.407 e. The molecule has 0 saturated carbocycles. The number of anilines is 1. The number of piperidine rings is 1. The topological polar surface area (TPSA) is 68.2 Å². The van der Waals surface area contributed by atoms with Gasteiger partial charge in [-0.1, -0.05) is 29.4 Å². The van der Waals surface area contributed by atoms with Crippen LogP contribution in [0.5, 0.6) is 0 Å². The first-order valence-electron chi connectivity index (χ1n) is 7.11. The predicted octanol–water partition coefficient (Wildman–Crippen LogP) is 2.64. The Hall–Kier alpha value is -1.59. The number of hydrogen-bond acceptors (Lipinski definition) is 5. The molecule has 0 spiro atoms. The maximum atomic E-state index is 5.57. The molecular weight excluding hydrogens is 288 g/mol. The van der Waals surface area contributed by atoms with Gasteiger partial charge in [0, 0.05) is 19.0 Å². The van der Waals surface area contributed by atoms with E-state index in [0.717, 1.165) is 19.5 Å². The Balaban J connectivity index is 0.00000161. The Morgan fingerprint density at radius 3 is 2.86 bits per heavy atom. The van der Waals surface area contributed by atoms with E-state index >= 15 is 0 Å². The summed E-state index contributed by atoms with van der Waals surface area (Å²) in [6, 6.07) is 9.20. The minimum atomic E-state index is 0. The number of nitrogens with zero attached hydrogens (tertiary/aromatic N) is 3.